The zero-order chi connectivity index (χ0) is 9.97. The van der Waals surface area contributed by atoms with E-state index in [9.17, 15) is 0 Å². The number of hydrogen-bond acceptors (Lipinski definition) is 3. The lowest BCUT2D eigenvalue weighted by Crippen LogP contribution is -1.78. The molecule has 0 fully saturated rings. The molecule has 0 unspecified atom stereocenters. The van der Waals surface area contributed by atoms with Gasteiger partial charge in [0.05, 0.1) is 0 Å². The maximum absolute atomic E-state index is 5.27. The summed E-state index contributed by atoms with van der Waals surface area (Å²) < 4.78 is 5.27. The van der Waals surface area contributed by atoms with Crippen molar-refractivity contribution in [3.05, 3.63) is 35.7 Å². The van der Waals surface area contributed by atoms with Crippen molar-refractivity contribution >= 4 is 0 Å². The fraction of sp³-hybridized carbons (Fsp3) is 0.0909. The first kappa shape index (κ1) is 8.52. The first-order chi connectivity index (χ1) is 6.79. The van der Waals surface area contributed by atoms with E-state index >= 15 is 0 Å². The molecule has 0 N–H and O–H groups in total. The van der Waals surface area contributed by atoms with Crippen molar-refractivity contribution in [1.82, 2.24) is 10.2 Å². The minimum atomic E-state index is 0.520. The van der Waals surface area contributed by atoms with Crippen LogP contribution in [-0.2, 0) is 0 Å². The number of aryl methyl sites for hydroxylation is 1. The highest BCUT2D eigenvalue weighted by Gasteiger charge is 2.04. The van der Waals surface area contributed by atoms with Crippen molar-refractivity contribution in [3.63, 3.8) is 0 Å². The Hall–Kier alpha value is -2.08. The Kier molecular flexibility index (Phi) is 2.04. The van der Waals surface area contributed by atoms with Gasteiger partial charge in [0.1, 0.15) is 0 Å². The van der Waals surface area contributed by atoms with Crippen molar-refractivity contribution in [3.8, 4) is 23.8 Å². The zero-order valence-electron chi connectivity index (χ0n) is 7.69. The monoisotopic (exact) mass is 184 g/mol. The SMILES string of the molecule is C#Cc1ccc(-c2nnc(C)o2)cc1. The molecule has 0 amide bonds. The lowest BCUT2D eigenvalue weighted by Gasteiger charge is -1.93. The maximum atomic E-state index is 5.27. The van der Waals surface area contributed by atoms with Gasteiger partial charge in [0.15, 0.2) is 0 Å². The Morgan fingerprint density at radius 2 is 1.93 bits per heavy atom. The van der Waals surface area contributed by atoms with Crippen LogP contribution in [0.1, 0.15) is 11.5 Å². The van der Waals surface area contributed by atoms with Gasteiger partial charge in [-0.2, -0.15) is 0 Å². The summed E-state index contributed by atoms with van der Waals surface area (Å²) in [5.74, 6) is 3.62. The van der Waals surface area contributed by atoms with E-state index in [1.165, 1.54) is 0 Å². The molecule has 0 aliphatic heterocycles. The molecule has 2 aromatic rings. The quantitative estimate of drug-likeness (QED) is 0.636. The number of nitrogens with zero attached hydrogens (tertiary/aromatic N) is 2. The highest BCUT2D eigenvalue weighted by atomic mass is 16.4. The van der Waals surface area contributed by atoms with Crippen LogP contribution in [0.5, 0.6) is 0 Å². The number of rotatable bonds is 1. The molecule has 0 bridgehead atoms. The predicted molar refractivity (Wildman–Crippen MR) is 52.4 cm³/mol. The minimum absolute atomic E-state index is 0.520. The summed E-state index contributed by atoms with van der Waals surface area (Å²) in [6, 6.07) is 7.41. The highest BCUT2D eigenvalue weighted by Crippen LogP contribution is 2.17. The summed E-state index contributed by atoms with van der Waals surface area (Å²) in [6.45, 7) is 1.76. The molecule has 1 aromatic carbocycles. The van der Waals surface area contributed by atoms with Crippen LogP contribution in [0.3, 0.4) is 0 Å². The second-order valence-electron chi connectivity index (χ2n) is 2.85. The van der Waals surface area contributed by atoms with Gasteiger partial charge in [0.2, 0.25) is 11.8 Å². The van der Waals surface area contributed by atoms with Crippen LogP contribution in [0, 0.1) is 19.3 Å². The Labute approximate surface area is 81.8 Å². The maximum Gasteiger partial charge on any atom is 0.247 e. The number of aromatic nitrogens is 2. The molecule has 0 aliphatic carbocycles. The third-order valence-electron chi connectivity index (χ3n) is 1.82. The Bertz CT molecular complexity index is 477. The predicted octanol–water partition coefficient (Wildman–Crippen LogP) is 2.03. The topological polar surface area (TPSA) is 38.9 Å². The molecule has 68 valence electrons. The Balaban J connectivity index is 2.39. The molecule has 0 spiro atoms. The molecular formula is C11H8N2O. The van der Waals surface area contributed by atoms with E-state index in [1.54, 1.807) is 6.92 Å². The third kappa shape index (κ3) is 1.50. The molecule has 0 radical (unpaired) electrons. The summed E-state index contributed by atoms with van der Waals surface area (Å²) in [6.07, 6.45) is 5.24. The summed E-state index contributed by atoms with van der Waals surface area (Å²) in [5.41, 5.74) is 1.72. The van der Waals surface area contributed by atoms with Gasteiger partial charge in [-0.15, -0.1) is 16.6 Å². The second-order valence-corrected chi connectivity index (χ2v) is 2.85. The fourth-order valence-corrected chi connectivity index (χ4v) is 1.12. The van der Waals surface area contributed by atoms with Crippen LogP contribution in [0.2, 0.25) is 0 Å². The smallest absolute Gasteiger partial charge is 0.247 e. The molecule has 3 heteroatoms. The molecule has 1 aromatic heterocycles. The van der Waals surface area contributed by atoms with Crippen LogP contribution in [0.15, 0.2) is 28.7 Å². The minimum Gasteiger partial charge on any atom is -0.421 e. The van der Waals surface area contributed by atoms with Gasteiger partial charge >= 0.3 is 0 Å². The van der Waals surface area contributed by atoms with Crippen molar-refractivity contribution in [1.29, 1.82) is 0 Å². The fourth-order valence-electron chi connectivity index (χ4n) is 1.12. The lowest BCUT2D eigenvalue weighted by molar-refractivity contribution is 0.533. The van der Waals surface area contributed by atoms with Gasteiger partial charge in [-0.25, -0.2) is 0 Å². The van der Waals surface area contributed by atoms with Crippen molar-refractivity contribution in [2.45, 2.75) is 6.92 Å². The molecule has 14 heavy (non-hydrogen) atoms. The summed E-state index contributed by atoms with van der Waals surface area (Å²) in [5, 5.41) is 7.65. The van der Waals surface area contributed by atoms with E-state index in [2.05, 4.69) is 16.1 Å². The van der Waals surface area contributed by atoms with Gasteiger partial charge in [-0.05, 0) is 24.3 Å². The molecule has 0 aliphatic rings. The average molecular weight is 184 g/mol. The number of terminal acetylenes is 1. The molecular weight excluding hydrogens is 176 g/mol. The van der Waals surface area contributed by atoms with E-state index in [4.69, 9.17) is 10.8 Å². The van der Waals surface area contributed by atoms with Crippen LogP contribution in [0.25, 0.3) is 11.5 Å². The molecule has 0 atom stereocenters. The standard InChI is InChI=1S/C11H8N2O/c1-3-9-4-6-10(7-5-9)11-13-12-8(2)14-11/h1,4-7H,2H3. The second kappa shape index (κ2) is 3.35. The van der Waals surface area contributed by atoms with Crippen molar-refractivity contribution in [2.75, 3.05) is 0 Å². The van der Waals surface area contributed by atoms with Gasteiger partial charge in [0, 0.05) is 18.1 Å². The van der Waals surface area contributed by atoms with Crippen LogP contribution < -0.4 is 0 Å². The summed E-state index contributed by atoms with van der Waals surface area (Å²) in [7, 11) is 0. The van der Waals surface area contributed by atoms with E-state index in [1.807, 2.05) is 24.3 Å². The summed E-state index contributed by atoms with van der Waals surface area (Å²) in [4.78, 5) is 0. The van der Waals surface area contributed by atoms with E-state index in [0.29, 0.717) is 11.8 Å². The van der Waals surface area contributed by atoms with Gasteiger partial charge in [0.25, 0.3) is 0 Å². The number of benzene rings is 1. The van der Waals surface area contributed by atoms with Gasteiger partial charge in [-0.1, -0.05) is 5.92 Å². The first-order valence-electron chi connectivity index (χ1n) is 4.17. The van der Waals surface area contributed by atoms with Gasteiger partial charge < -0.3 is 4.42 Å². The van der Waals surface area contributed by atoms with Crippen LogP contribution >= 0.6 is 0 Å². The Morgan fingerprint density at radius 3 is 2.43 bits per heavy atom. The van der Waals surface area contributed by atoms with E-state index in [0.717, 1.165) is 11.1 Å². The first-order valence-corrected chi connectivity index (χ1v) is 4.17. The lowest BCUT2D eigenvalue weighted by atomic mass is 10.1. The van der Waals surface area contributed by atoms with E-state index in [-0.39, 0.29) is 0 Å². The Morgan fingerprint density at radius 1 is 1.21 bits per heavy atom. The summed E-state index contributed by atoms with van der Waals surface area (Å²) >= 11 is 0. The van der Waals surface area contributed by atoms with Gasteiger partial charge in [-0.3, -0.25) is 0 Å². The number of hydrogen-bond donors (Lipinski definition) is 0. The molecule has 2 rings (SSSR count). The van der Waals surface area contributed by atoms with Crippen molar-refractivity contribution in [2.24, 2.45) is 0 Å². The van der Waals surface area contributed by atoms with Crippen LogP contribution in [-0.4, -0.2) is 10.2 Å². The molecule has 0 saturated heterocycles. The largest absolute Gasteiger partial charge is 0.421 e. The molecule has 3 nitrogen and oxygen atoms in total. The highest BCUT2D eigenvalue weighted by molar-refractivity contribution is 5.54. The zero-order valence-corrected chi connectivity index (χ0v) is 7.69. The normalized spacial score (nSPS) is 9.71. The average Bonchev–Trinajstić information content (AvgIpc) is 2.65. The molecule has 1 heterocycles. The van der Waals surface area contributed by atoms with Crippen LogP contribution in [0.4, 0.5) is 0 Å². The third-order valence-corrected chi connectivity index (χ3v) is 1.82. The molecule has 0 saturated carbocycles. The van der Waals surface area contributed by atoms with Crippen molar-refractivity contribution < 1.29 is 4.42 Å². The van der Waals surface area contributed by atoms with E-state index < -0.39 is 0 Å².